The number of imidazole rings is 1. The van der Waals surface area contributed by atoms with Gasteiger partial charge in [-0.3, -0.25) is 0 Å². The Morgan fingerprint density at radius 1 is 1.00 bits per heavy atom. The summed E-state index contributed by atoms with van der Waals surface area (Å²) in [6.45, 7) is 8.06. The van der Waals surface area contributed by atoms with Crippen molar-refractivity contribution in [2.24, 2.45) is 7.05 Å². The number of hydrogen-bond donors (Lipinski definition) is 0. The molecule has 0 bridgehead atoms. The van der Waals surface area contributed by atoms with E-state index in [4.69, 9.17) is 19.4 Å². The first-order valence-corrected chi connectivity index (χ1v) is 19.6. The standard InChI is InChI=1S/C34H38F3N7O2Si/c1-43-18-26(34(35,36)37)41-31(43)22-8-10-23(11-9-22)33(12-13-33)24-17-44(20-46-14-15-47(3,4)5)25-16-38-30(42-29(24)25)27-28(21-6-7-21)39-19-40-32(27)45-2/h8-11,16-19,21H,6-7,12-15,20H2,1-5H3. The van der Waals surface area contributed by atoms with Crippen LogP contribution in [0.2, 0.25) is 25.7 Å². The van der Waals surface area contributed by atoms with Crippen LogP contribution in [-0.4, -0.2) is 55.8 Å². The Bertz CT molecular complexity index is 1940. The van der Waals surface area contributed by atoms with Crippen LogP contribution < -0.4 is 4.74 Å². The van der Waals surface area contributed by atoms with Gasteiger partial charge in [-0.2, -0.15) is 13.2 Å². The van der Waals surface area contributed by atoms with Crippen molar-refractivity contribution in [1.82, 2.24) is 34.1 Å². The van der Waals surface area contributed by atoms with Gasteiger partial charge in [-0.25, -0.2) is 24.9 Å². The van der Waals surface area contributed by atoms with Gasteiger partial charge in [-0.1, -0.05) is 43.9 Å². The molecule has 246 valence electrons. The lowest BCUT2D eigenvalue weighted by Gasteiger charge is -2.16. The SMILES string of the molecule is COc1ncnc(C2CC2)c1-c1ncc2c(n1)c(C1(c3ccc(-c4nc(C(F)(F)F)cn4C)cc3)CC1)cn2COCC[Si](C)(C)C. The van der Waals surface area contributed by atoms with E-state index in [2.05, 4.69) is 45.4 Å². The number of hydrogen-bond acceptors (Lipinski definition) is 7. The zero-order chi connectivity index (χ0) is 33.1. The van der Waals surface area contributed by atoms with Gasteiger partial charge in [-0.15, -0.1) is 0 Å². The third-order valence-corrected chi connectivity index (χ3v) is 10.9. The summed E-state index contributed by atoms with van der Waals surface area (Å²) in [6, 6.07) is 8.77. The molecule has 7 rings (SSSR count). The molecule has 13 heteroatoms. The van der Waals surface area contributed by atoms with E-state index in [-0.39, 0.29) is 11.2 Å². The molecule has 0 saturated heterocycles. The second-order valence-corrected chi connectivity index (χ2v) is 19.5. The lowest BCUT2D eigenvalue weighted by atomic mass is 9.88. The summed E-state index contributed by atoms with van der Waals surface area (Å²) in [5.74, 6) is 1.58. The Morgan fingerprint density at radius 3 is 2.36 bits per heavy atom. The van der Waals surface area contributed by atoms with Crippen LogP contribution in [0.15, 0.2) is 49.2 Å². The number of benzene rings is 1. The van der Waals surface area contributed by atoms with Crippen molar-refractivity contribution in [3.05, 3.63) is 71.7 Å². The highest BCUT2D eigenvalue weighted by atomic mass is 28.3. The molecule has 0 unspecified atom stereocenters. The minimum absolute atomic E-state index is 0.267. The number of halogens is 3. The zero-order valence-electron chi connectivity index (χ0n) is 27.2. The minimum Gasteiger partial charge on any atom is -0.480 e. The predicted octanol–water partition coefficient (Wildman–Crippen LogP) is 7.59. The Morgan fingerprint density at radius 2 is 1.74 bits per heavy atom. The molecule has 2 fully saturated rings. The van der Waals surface area contributed by atoms with Crippen LogP contribution in [0.3, 0.4) is 0 Å². The van der Waals surface area contributed by atoms with Gasteiger partial charge in [0.15, 0.2) is 11.5 Å². The van der Waals surface area contributed by atoms with Gasteiger partial charge in [0.1, 0.15) is 24.4 Å². The Hall–Kier alpha value is -4.10. The third kappa shape index (κ3) is 6.06. The van der Waals surface area contributed by atoms with Gasteiger partial charge in [0.2, 0.25) is 5.88 Å². The molecule has 0 amide bonds. The van der Waals surface area contributed by atoms with Gasteiger partial charge in [0.25, 0.3) is 0 Å². The summed E-state index contributed by atoms with van der Waals surface area (Å²) in [5, 5.41) is 0. The Balaban J connectivity index is 1.29. The van der Waals surface area contributed by atoms with Gasteiger partial charge in [0.05, 0.1) is 30.0 Å². The maximum atomic E-state index is 13.3. The normalized spacial score (nSPS) is 16.2. The van der Waals surface area contributed by atoms with Crippen molar-refractivity contribution in [2.75, 3.05) is 13.7 Å². The van der Waals surface area contributed by atoms with E-state index >= 15 is 0 Å². The summed E-state index contributed by atoms with van der Waals surface area (Å²) in [6.07, 6.45) is 5.97. The molecule has 0 spiro atoms. The molecule has 4 aromatic heterocycles. The van der Waals surface area contributed by atoms with Crippen LogP contribution >= 0.6 is 0 Å². The van der Waals surface area contributed by atoms with Gasteiger partial charge in [-0.05, 0) is 37.3 Å². The number of aromatic nitrogens is 7. The molecule has 2 aliphatic carbocycles. The second-order valence-electron chi connectivity index (χ2n) is 13.9. The van der Waals surface area contributed by atoms with E-state index in [1.165, 1.54) is 10.9 Å². The highest BCUT2D eigenvalue weighted by molar-refractivity contribution is 6.76. The summed E-state index contributed by atoms with van der Waals surface area (Å²) in [7, 11) is 1.92. The Kier molecular flexibility index (Phi) is 7.74. The summed E-state index contributed by atoms with van der Waals surface area (Å²) in [4.78, 5) is 22.9. The molecule has 1 aromatic carbocycles. The second kappa shape index (κ2) is 11.5. The largest absolute Gasteiger partial charge is 0.480 e. The molecular formula is C34H38F3N7O2Si. The molecule has 2 aliphatic rings. The van der Waals surface area contributed by atoms with Gasteiger partial charge < -0.3 is 18.6 Å². The molecular weight excluding hydrogens is 624 g/mol. The number of ether oxygens (including phenoxy) is 2. The molecule has 5 aromatic rings. The fourth-order valence-electron chi connectivity index (χ4n) is 6.25. The number of methoxy groups -OCH3 is 1. The summed E-state index contributed by atoms with van der Waals surface area (Å²) in [5.41, 5.74) is 4.89. The highest BCUT2D eigenvalue weighted by Crippen LogP contribution is 2.56. The van der Waals surface area contributed by atoms with Crippen molar-refractivity contribution in [3.63, 3.8) is 0 Å². The average Bonchev–Trinajstić information content (AvgIpc) is 3.97. The van der Waals surface area contributed by atoms with Crippen molar-refractivity contribution >= 4 is 19.1 Å². The van der Waals surface area contributed by atoms with Crippen LogP contribution in [0.4, 0.5) is 13.2 Å². The fraction of sp³-hybridized carbons (Fsp3) is 0.441. The molecule has 0 radical (unpaired) electrons. The van der Waals surface area contributed by atoms with Crippen molar-refractivity contribution in [1.29, 1.82) is 0 Å². The molecule has 2 saturated carbocycles. The molecule has 47 heavy (non-hydrogen) atoms. The number of alkyl halides is 3. The zero-order valence-corrected chi connectivity index (χ0v) is 28.2. The molecule has 4 heterocycles. The Labute approximate surface area is 272 Å². The molecule has 0 atom stereocenters. The van der Waals surface area contributed by atoms with Crippen molar-refractivity contribution < 1.29 is 22.6 Å². The van der Waals surface area contributed by atoms with Crippen molar-refractivity contribution in [3.8, 4) is 28.7 Å². The predicted molar refractivity (Wildman–Crippen MR) is 175 cm³/mol. The summed E-state index contributed by atoms with van der Waals surface area (Å²) >= 11 is 0. The number of aryl methyl sites for hydroxylation is 1. The van der Waals surface area contributed by atoms with Crippen LogP contribution in [0.1, 0.15) is 54.1 Å². The monoisotopic (exact) mass is 661 g/mol. The van der Waals surface area contributed by atoms with E-state index in [0.717, 1.165) is 71.3 Å². The molecule has 9 nitrogen and oxygen atoms in total. The highest BCUT2D eigenvalue weighted by Gasteiger charge is 2.48. The third-order valence-electron chi connectivity index (χ3n) is 9.20. The van der Waals surface area contributed by atoms with E-state index in [9.17, 15) is 13.2 Å². The van der Waals surface area contributed by atoms with Crippen LogP contribution in [0.25, 0.3) is 33.8 Å². The lowest BCUT2D eigenvalue weighted by Crippen LogP contribution is -2.22. The molecule has 0 N–H and O–H groups in total. The summed E-state index contributed by atoms with van der Waals surface area (Å²) < 4.78 is 55.3. The maximum Gasteiger partial charge on any atom is 0.434 e. The number of rotatable bonds is 11. The van der Waals surface area contributed by atoms with Gasteiger partial charge in [0, 0.05) is 56.6 Å². The first-order valence-electron chi connectivity index (χ1n) is 15.9. The van der Waals surface area contributed by atoms with E-state index in [0.29, 0.717) is 36.5 Å². The van der Waals surface area contributed by atoms with Crippen LogP contribution in [0, 0.1) is 0 Å². The van der Waals surface area contributed by atoms with Crippen molar-refractivity contribution in [2.45, 2.75) is 75.6 Å². The topological polar surface area (TPSA) is 92.8 Å². The average molecular weight is 662 g/mol. The van der Waals surface area contributed by atoms with Crippen LogP contribution in [0.5, 0.6) is 5.88 Å². The fourth-order valence-corrected chi connectivity index (χ4v) is 7.01. The molecule has 0 aliphatic heterocycles. The first kappa shape index (κ1) is 31.5. The van der Waals surface area contributed by atoms with E-state index < -0.39 is 19.9 Å². The van der Waals surface area contributed by atoms with E-state index in [1.54, 1.807) is 14.2 Å². The number of fused-ring (bicyclic) bond motifs is 1. The number of nitrogens with zero attached hydrogens (tertiary/aromatic N) is 7. The minimum atomic E-state index is -4.50. The quantitative estimate of drug-likeness (QED) is 0.106. The smallest absolute Gasteiger partial charge is 0.434 e. The lowest BCUT2D eigenvalue weighted by molar-refractivity contribution is -0.140. The maximum absolute atomic E-state index is 13.3. The van der Waals surface area contributed by atoms with Gasteiger partial charge >= 0.3 is 6.18 Å². The van der Waals surface area contributed by atoms with Crippen LogP contribution in [-0.2, 0) is 30.1 Å². The first-order chi connectivity index (χ1) is 22.4. The van der Waals surface area contributed by atoms with E-state index in [1.807, 2.05) is 30.5 Å².